The number of H-pyrrole nitrogens is 1. The fraction of sp³-hybridized carbons (Fsp3) is 0.118. The van der Waals surface area contributed by atoms with Gasteiger partial charge in [0.05, 0.1) is 6.61 Å². The molecule has 1 heterocycles. The van der Waals surface area contributed by atoms with E-state index in [1.165, 1.54) is 6.07 Å². The van der Waals surface area contributed by atoms with Gasteiger partial charge in [0.1, 0.15) is 11.5 Å². The summed E-state index contributed by atoms with van der Waals surface area (Å²) in [5, 5.41) is 12.8. The maximum atomic E-state index is 13.3. The van der Waals surface area contributed by atoms with Crippen LogP contribution in [0, 0.1) is 5.82 Å². The third-order valence-corrected chi connectivity index (χ3v) is 3.51. The molecule has 0 bridgehead atoms. The molecule has 22 heavy (non-hydrogen) atoms. The van der Waals surface area contributed by atoms with E-state index in [0.29, 0.717) is 5.69 Å². The number of para-hydroxylation sites is 1. The Hall–Kier alpha value is -2.66. The van der Waals surface area contributed by atoms with Crippen molar-refractivity contribution in [1.82, 2.24) is 10.3 Å². The Morgan fingerprint density at radius 1 is 1.18 bits per heavy atom. The molecule has 1 amide bonds. The standard InChI is InChI=1S/C17H15FN2O2/c18-14-6-5-11(7-13(14)10-21)9-19-17(22)16-8-12-3-1-2-4-15(12)20-16/h1-8,20-21H,9-10H2,(H,19,22). The largest absolute Gasteiger partial charge is 0.392 e. The van der Waals surface area contributed by atoms with Crippen LogP contribution in [0.5, 0.6) is 0 Å². The summed E-state index contributed by atoms with van der Waals surface area (Å²) in [6.45, 7) is -0.100. The maximum absolute atomic E-state index is 13.3. The summed E-state index contributed by atoms with van der Waals surface area (Å²) in [7, 11) is 0. The number of aliphatic hydroxyl groups excluding tert-OH is 1. The molecule has 0 aliphatic carbocycles. The van der Waals surface area contributed by atoms with Crippen molar-refractivity contribution in [3.05, 3.63) is 71.2 Å². The molecule has 0 saturated heterocycles. The van der Waals surface area contributed by atoms with Crippen molar-refractivity contribution in [3.63, 3.8) is 0 Å². The summed E-state index contributed by atoms with van der Waals surface area (Å²) < 4.78 is 13.3. The Balaban J connectivity index is 1.72. The molecule has 112 valence electrons. The number of aromatic amines is 1. The molecule has 1 aromatic heterocycles. The number of rotatable bonds is 4. The van der Waals surface area contributed by atoms with Crippen molar-refractivity contribution in [2.75, 3.05) is 0 Å². The van der Waals surface area contributed by atoms with E-state index in [1.807, 2.05) is 24.3 Å². The van der Waals surface area contributed by atoms with Crippen LogP contribution in [-0.2, 0) is 13.2 Å². The lowest BCUT2D eigenvalue weighted by Gasteiger charge is -2.06. The van der Waals surface area contributed by atoms with Gasteiger partial charge in [-0.1, -0.05) is 24.3 Å². The number of fused-ring (bicyclic) bond motifs is 1. The second-order valence-corrected chi connectivity index (χ2v) is 5.04. The van der Waals surface area contributed by atoms with Crippen LogP contribution in [0.4, 0.5) is 4.39 Å². The second kappa shape index (κ2) is 5.99. The van der Waals surface area contributed by atoms with Crippen molar-refractivity contribution in [2.45, 2.75) is 13.2 Å². The lowest BCUT2D eigenvalue weighted by Crippen LogP contribution is -2.23. The molecular weight excluding hydrogens is 283 g/mol. The first-order chi connectivity index (χ1) is 10.7. The Labute approximate surface area is 126 Å². The number of nitrogens with one attached hydrogen (secondary N) is 2. The van der Waals surface area contributed by atoms with Crippen molar-refractivity contribution in [1.29, 1.82) is 0 Å². The van der Waals surface area contributed by atoms with Gasteiger partial charge in [-0.2, -0.15) is 0 Å². The molecule has 4 nitrogen and oxygen atoms in total. The van der Waals surface area contributed by atoms with Crippen LogP contribution in [0.1, 0.15) is 21.6 Å². The van der Waals surface area contributed by atoms with E-state index in [9.17, 15) is 9.18 Å². The number of carbonyl (C=O) groups excluding carboxylic acids is 1. The molecule has 3 rings (SSSR count). The molecule has 0 aliphatic rings. The summed E-state index contributed by atoms with van der Waals surface area (Å²) in [5.74, 6) is -0.681. The first-order valence-corrected chi connectivity index (χ1v) is 6.91. The average molecular weight is 298 g/mol. The van der Waals surface area contributed by atoms with Gasteiger partial charge in [0, 0.05) is 23.0 Å². The van der Waals surface area contributed by atoms with Crippen molar-refractivity contribution >= 4 is 16.8 Å². The second-order valence-electron chi connectivity index (χ2n) is 5.04. The Morgan fingerprint density at radius 3 is 2.77 bits per heavy atom. The van der Waals surface area contributed by atoms with E-state index in [1.54, 1.807) is 18.2 Å². The summed E-state index contributed by atoms with van der Waals surface area (Å²) in [5.41, 5.74) is 2.33. The maximum Gasteiger partial charge on any atom is 0.267 e. The van der Waals surface area contributed by atoms with Gasteiger partial charge in [-0.25, -0.2) is 4.39 Å². The monoisotopic (exact) mass is 298 g/mol. The lowest BCUT2D eigenvalue weighted by molar-refractivity contribution is 0.0946. The minimum absolute atomic E-state index is 0.220. The number of hydrogen-bond donors (Lipinski definition) is 3. The molecule has 0 aliphatic heterocycles. The summed E-state index contributed by atoms with van der Waals surface area (Å²) >= 11 is 0. The highest BCUT2D eigenvalue weighted by atomic mass is 19.1. The molecule has 0 atom stereocenters. The molecule has 0 unspecified atom stereocenters. The topological polar surface area (TPSA) is 65.1 Å². The number of benzene rings is 2. The number of amides is 1. The van der Waals surface area contributed by atoms with E-state index < -0.39 is 5.82 Å². The van der Waals surface area contributed by atoms with Gasteiger partial charge in [0.2, 0.25) is 0 Å². The highest BCUT2D eigenvalue weighted by Crippen LogP contribution is 2.15. The van der Waals surface area contributed by atoms with E-state index in [4.69, 9.17) is 5.11 Å². The highest BCUT2D eigenvalue weighted by molar-refractivity contribution is 5.97. The Kier molecular flexibility index (Phi) is 3.89. The molecule has 0 radical (unpaired) electrons. The number of carbonyl (C=O) groups is 1. The van der Waals surface area contributed by atoms with Crippen LogP contribution < -0.4 is 5.32 Å². The van der Waals surface area contributed by atoms with Crippen molar-refractivity contribution in [3.8, 4) is 0 Å². The number of aromatic nitrogens is 1. The Morgan fingerprint density at radius 2 is 2.00 bits per heavy atom. The van der Waals surface area contributed by atoms with Gasteiger partial charge in [-0.3, -0.25) is 4.79 Å². The van der Waals surface area contributed by atoms with E-state index in [-0.39, 0.29) is 24.6 Å². The van der Waals surface area contributed by atoms with Crippen molar-refractivity contribution in [2.24, 2.45) is 0 Å². The molecule has 0 saturated carbocycles. The van der Waals surface area contributed by atoms with E-state index in [0.717, 1.165) is 16.5 Å². The predicted octanol–water partition coefficient (Wildman–Crippen LogP) is 2.73. The molecule has 0 spiro atoms. The summed E-state index contributed by atoms with van der Waals surface area (Å²) in [6, 6.07) is 13.8. The fourth-order valence-electron chi connectivity index (χ4n) is 2.33. The number of aliphatic hydroxyl groups is 1. The lowest BCUT2D eigenvalue weighted by atomic mass is 10.1. The third-order valence-electron chi connectivity index (χ3n) is 3.51. The minimum Gasteiger partial charge on any atom is -0.392 e. The van der Waals surface area contributed by atoms with Crippen LogP contribution in [0.25, 0.3) is 10.9 Å². The Bertz CT molecular complexity index is 793. The van der Waals surface area contributed by atoms with Gasteiger partial charge in [0.25, 0.3) is 5.91 Å². The van der Waals surface area contributed by atoms with E-state index in [2.05, 4.69) is 10.3 Å². The zero-order valence-corrected chi connectivity index (χ0v) is 11.8. The van der Waals surface area contributed by atoms with Gasteiger partial charge in [-0.05, 0) is 29.8 Å². The quantitative estimate of drug-likeness (QED) is 0.693. The smallest absolute Gasteiger partial charge is 0.267 e. The summed E-state index contributed by atoms with van der Waals surface area (Å²) in [4.78, 5) is 15.2. The van der Waals surface area contributed by atoms with Gasteiger partial charge in [0.15, 0.2) is 0 Å². The van der Waals surface area contributed by atoms with Crippen LogP contribution in [0.2, 0.25) is 0 Å². The normalized spacial score (nSPS) is 10.8. The number of halogens is 1. The zero-order valence-electron chi connectivity index (χ0n) is 11.8. The van der Waals surface area contributed by atoms with Gasteiger partial charge in [-0.15, -0.1) is 0 Å². The summed E-state index contributed by atoms with van der Waals surface area (Å²) in [6.07, 6.45) is 0. The molecular formula is C17H15FN2O2. The molecule has 0 fully saturated rings. The van der Waals surface area contributed by atoms with Gasteiger partial charge >= 0.3 is 0 Å². The van der Waals surface area contributed by atoms with Crippen LogP contribution in [0.3, 0.4) is 0 Å². The average Bonchev–Trinajstić information content (AvgIpc) is 2.98. The third kappa shape index (κ3) is 2.84. The van der Waals surface area contributed by atoms with Crippen LogP contribution in [0.15, 0.2) is 48.5 Å². The molecule has 5 heteroatoms. The predicted molar refractivity (Wildman–Crippen MR) is 81.8 cm³/mol. The fourth-order valence-corrected chi connectivity index (χ4v) is 2.33. The highest BCUT2D eigenvalue weighted by Gasteiger charge is 2.09. The minimum atomic E-state index is -0.451. The van der Waals surface area contributed by atoms with E-state index >= 15 is 0 Å². The van der Waals surface area contributed by atoms with Crippen LogP contribution in [-0.4, -0.2) is 16.0 Å². The zero-order chi connectivity index (χ0) is 15.5. The first kappa shape index (κ1) is 14.3. The first-order valence-electron chi connectivity index (χ1n) is 6.91. The SMILES string of the molecule is O=C(NCc1ccc(F)c(CO)c1)c1cc2ccccc2[nH]1. The van der Waals surface area contributed by atoms with Crippen LogP contribution >= 0.6 is 0 Å². The molecule has 3 aromatic rings. The molecule has 3 N–H and O–H groups in total. The molecule has 2 aromatic carbocycles. The van der Waals surface area contributed by atoms with Crippen molar-refractivity contribution < 1.29 is 14.3 Å². The van der Waals surface area contributed by atoms with Gasteiger partial charge < -0.3 is 15.4 Å². The number of hydrogen-bond acceptors (Lipinski definition) is 2.